The van der Waals surface area contributed by atoms with Gasteiger partial charge in [0, 0.05) is 5.41 Å². The Kier molecular flexibility index (Phi) is 8.47. The summed E-state index contributed by atoms with van der Waals surface area (Å²) < 4.78 is 35.7. The molecule has 0 aliphatic rings. The number of hydrogen-bond acceptors (Lipinski definition) is 6. The SMILES string of the molecule is CCCCOc1c(Cl)cc(C(C)(C)c2ccc(CCc3coc(NS(C)(=O)=O)n3)cc2)cc1C#N. The first-order chi connectivity index (χ1) is 16.5. The topological polar surface area (TPSA) is 105 Å². The minimum atomic E-state index is -3.43. The molecule has 0 fully saturated rings. The Hall–Kier alpha value is -3.02. The number of unbranched alkanes of at least 4 members (excludes halogenated alkanes) is 1. The summed E-state index contributed by atoms with van der Waals surface area (Å²) in [4.78, 5) is 4.16. The average molecular weight is 516 g/mol. The van der Waals surface area contributed by atoms with Crippen LogP contribution in [0.1, 0.15) is 61.6 Å². The van der Waals surface area contributed by atoms with Gasteiger partial charge in [-0.05, 0) is 48.1 Å². The molecule has 186 valence electrons. The summed E-state index contributed by atoms with van der Waals surface area (Å²) in [6, 6.07) is 14.2. The van der Waals surface area contributed by atoms with Crippen LogP contribution in [-0.2, 0) is 28.3 Å². The zero-order chi connectivity index (χ0) is 25.6. The summed E-state index contributed by atoms with van der Waals surface area (Å²) in [5.41, 5.74) is 3.85. The predicted molar refractivity (Wildman–Crippen MR) is 138 cm³/mol. The van der Waals surface area contributed by atoms with Gasteiger partial charge in [-0.1, -0.05) is 63.1 Å². The quantitative estimate of drug-likeness (QED) is 0.320. The van der Waals surface area contributed by atoms with Gasteiger partial charge in [0.25, 0.3) is 0 Å². The molecule has 35 heavy (non-hydrogen) atoms. The van der Waals surface area contributed by atoms with Crippen LogP contribution in [0.3, 0.4) is 0 Å². The maximum atomic E-state index is 11.3. The first-order valence-electron chi connectivity index (χ1n) is 11.4. The van der Waals surface area contributed by atoms with E-state index in [9.17, 15) is 13.7 Å². The lowest BCUT2D eigenvalue weighted by Gasteiger charge is -2.27. The number of aryl methyl sites for hydroxylation is 2. The van der Waals surface area contributed by atoms with Gasteiger partial charge >= 0.3 is 6.01 Å². The monoisotopic (exact) mass is 515 g/mol. The van der Waals surface area contributed by atoms with Crippen molar-refractivity contribution in [3.63, 3.8) is 0 Å². The number of ether oxygens (including phenoxy) is 1. The van der Waals surface area contributed by atoms with E-state index >= 15 is 0 Å². The molecule has 1 aromatic heterocycles. The van der Waals surface area contributed by atoms with Gasteiger partial charge in [-0.2, -0.15) is 10.2 Å². The van der Waals surface area contributed by atoms with Gasteiger partial charge in [-0.15, -0.1) is 0 Å². The van der Waals surface area contributed by atoms with Crippen LogP contribution in [0.4, 0.5) is 6.01 Å². The molecule has 9 heteroatoms. The number of halogens is 1. The fourth-order valence-corrected chi connectivity index (χ4v) is 4.34. The van der Waals surface area contributed by atoms with Crippen LogP contribution >= 0.6 is 11.6 Å². The standard InChI is InChI=1S/C26H30ClN3O4S/c1-5-6-13-33-24-19(16-28)14-21(15-23(24)27)26(2,3)20-10-7-18(8-11-20)9-12-22-17-34-25(29-22)30-35(4,31)32/h7-8,10-11,14-15,17H,5-6,9,12-13H2,1-4H3,(H,29,30). The number of nitrogens with zero attached hydrogens (tertiary/aromatic N) is 2. The van der Waals surface area contributed by atoms with E-state index in [4.69, 9.17) is 20.8 Å². The van der Waals surface area contributed by atoms with Crippen molar-refractivity contribution < 1.29 is 17.6 Å². The molecule has 0 saturated heterocycles. The Morgan fingerprint density at radius 3 is 2.51 bits per heavy atom. The van der Waals surface area contributed by atoms with E-state index in [0.717, 1.165) is 42.2 Å². The second kappa shape index (κ2) is 11.1. The number of nitrogens with one attached hydrogen (secondary N) is 1. The molecule has 0 radical (unpaired) electrons. The highest BCUT2D eigenvalue weighted by molar-refractivity contribution is 7.91. The smallest absolute Gasteiger partial charge is 0.308 e. The van der Waals surface area contributed by atoms with Gasteiger partial charge < -0.3 is 9.15 Å². The van der Waals surface area contributed by atoms with Crippen molar-refractivity contribution >= 4 is 27.6 Å². The van der Waals surface area contributed by atoms with E-state index in [1.165, 1.54) is 6.26 Å². The van der Waals surface area contributed by atoms with Crippen LogP contribution in [0.2, 0.25) is 5.02 Å². The number of anilines is 1. The molecule has 0 aliphatic carbocycles. The first kappa shape index (κ1) is 26.6. The molecule has 0 unspecified atom stereocenters. The van der Waals surface area contributed by atoms with Gasteiger partial charge in [0.1, 0.15) is 12.3 Å². The van der Waals surface area contributed by atoms with E-state index < -0.39 is 10.0 Å². The Labute approximate surface area is 212 Å². The summed E-state index contributed by atoms with van der Waals surface area (Å²) in [7, 11) is -3.43. The second-order valence-corrected chi connectivity index (χ2v) is 11.1. The lowest BCUT2D eigenvalue weighted by molar-refractivity contribution is 0.308. The number of nitriles is 1. The van der Waals surface area contributed by atoms with E-state index in [0.29, 0.717) is 35.1 Å². The Morgan fingerprint density at radius 1 is 1.17 bits per heavy atom. The van der Waals surface area contributed by atoms with Crippen molar-refractivity contribution in [1.82, 2.24) is 4.98 Å². The van der Waals surface area contributed by atoms with E-state index in [2.05, 4.69) is 60.8 Å². The molecule has 0 spiro atoms. The van der Waals surface area contributed by atoms with E-state index in [1.807, 2.05) is 12.1 Å². The normalized spacial score (nSPS) is 11.8. The molecule has 1 N–H and O–H groups in total. The lowest BCUT2D eigenvalue weighted by Crippen LogP contribution is -2.19. The molecule has 3 rings (SSSR count). The molecular formula is C26H30ClN3O4S. The molecule has 1 heterocycles. The number of hydrogen-bond donors (Lipinski definition) is 1. The van der Waals surface area contributed by atoms with Crippen LogP contribution in [-0.4, -0.2) is 26.3 Å². The van der Waals surface area contributed by atoms with Gasteiger partial charge in [-0.25, -0.2) is 13.1 Å². The largest absolute Gasteiger partial charge is 0.491 e. The number of oxazole rings is 1. The summed E-state index contributed by atoms with van der Waals surface area (Å²) in [6.45, 7) is 6.80. The number of aromatic nitrogens is 1. The summed E-state index contributed by atoms with van der Waals surface area (Å²) >= 11 is 6.52. The van der Waals surface area contributed by atoms with Crippen LogP contribution in [0, 0.1) is 11.3 Å². The molecule has 7 nitrogen and oxygen atoms in total. The van der Waals surface area contributed by atoms with Gasteiger partial charge in [0.2, 0.25) is 10.0 Å². The molecule has 3 aromatic rings. The Morgan fingerprint density at radius 2 is 1.89 bits per heavy atom. The third-order valence-corrected chi connectivity index (χ3v) is 6.63. The second-order valence-electron chi connectivity index (χ2n) is 8.99. The fraction of sp³-hybridized carbons (Fsp3) is 0.385. The zero-order valence-electron chi connectivity index (χ0n) is 20.4. The highest BCUT2D eigenvalue weighted by Gasteiger charge is 2.26. The fourth-order valence-electron chi connectivity index (χ4n) is 3.66. The van der Waals surface area contributed by atoms with Crippen LogP contribution in [0.5, 0.6) is 5.75 Å². The summed E-state index contributed by atoms with van der Waals surface area (Å²) in [6.07, 6.45) is 5.73. The highest BCUT2D eigenvalue weighted by Crippen LogP contribution is 2.38. The van der Waals surface area contributed by atoms with E-state index in [1.54, 1.807) is 0 Å². The molecular weight excluding hydrogens is 486 g/mol. The third kappa shape index (κ3) is 7.00. The third-order valence-electron chi connectivity index (χ3n) is 5.80. The lowest BCUT2D eigenvalue weighted by atomic mass is 9.77. The van der Waals surface area contributed by atoms with Crippen molar-refractivity contribution in [2.75, 3.05) is 17.6 Å². The predicted octanol–water partition coefficient (Wildman–Crippen LogP) is 5.86. The van der Waals surface area contributed by atoms with Crippen LogP contribution in [0.15, 0.2) is 47.1 Å². The summed E-state index contributed by atoms with van der Waals surface area (Å²) in [5.74, 6) is 0.445. The van der Waals surface area contributed by atoms with Crippen molar-refractivity contribution in [3.05, 3.63) is 75.6 Å². The van der Waals surface area contributed by atoms with Crippen LogP contribution in [0.25, 0.3) is 0 Å². The molecule has 0 atom stereocenters. The Bertz CT molecular complexity index is 1310. The van der Waals surface area contributed by atoms with Gasteiger partial charge in [-0.3, -0.25) is 0 Å². The molecule has 0 aliphatic heterocycles. The maximum absolute atomic E-state index is 11.3. The van der Waals surface area contributed by atoms with Crippen molar-refractivity contribution in [3.8, 4) is 11.8 Å². The average Bonchev–Trinajstić information content (AvgIpc) is 3.24. The number of benzene rings is 2. The summed E-state index contributed by atoms with van der Waals surface area (Å²) in [5, 5.41) is 10.1. The number of rotatable bonds is 11. The molecule has 0 saturated carbocycles. The minimum absolute atomic E-state index is 0.0308. The van der Waals surface area contributed by atoms with E-state index in [-0.39, 0.29) is 11.4 Å². The maximum Gasteiger partial charge on any atom is 0.308 e. The molecule has 2 aromatic carbocycles. The van der Waals surface area contributed by atoms with Crippen molar-refractivity contribution in [1.29, 1.82) is 5.26 Å². The minimum Gasteiger partial charge on any atom is -0.491 e. The Balaban J connectivity index is 1.72. The van der Waals surface area contributed by atoms with Crippen LogP contribution < -0.4 is 9.46 Å². The number of sulfonamides is 1. The zero-order valence-corrected chi connectivity index (χ0v) is 22.0. The van der Waals surface area contributed by atoms with Gasteiger partial charge in [0.05, 0.1) is 29.1 Å². The van der Waals surface area contributed by atoms with Crippen molar-refractivity contribution in [2.45, 2.75) is 51.9 Å². The first-order valence-corrected chi connectivity index (χ1v) is 13.7. The molecule has 0 bridgehead atoms. The highest BCUT2D eigenvalue weighted by atomic mass is 35.5. The van der Waals surface area contributed by atoms with Crippen molar-refractivity contribution in [2.24, 2.45) is 0 Å². The molecule has 0 amide bonds. The van der Waals surface area contributed by atoms with Gasteiger partial charge in [0.15, 0.2) is 5.75 Å².